The van der Waals surface area contributed by atoms with Crippen LogP contribution in [0, 0.1) is 0 Å². The number of hydrogen-bond acceptors (Lipinski definition) is 3. The Kier molecular flexibility index (Phi) is 3.82. The molecule has 0 bridgehead atoms. The molecule has 0 aliphatic rings. The van der Waals surface area contributed by atoms with E-state index in [9.17, 15) is 0 Å². The van der Waals surface area contributed by atoms with Crippen LogP contribution in [0.3, 0.4) is 0 Å². The molecule has 0 radical (unpaired) electrons. The zero-order chi connectivity index (χ0) is 13.1. The first-order valence-corrected chi connectivity index (χ1v) is 6.28. The van der Waals surface area contributed by atoms with E-state index in [4.69, 9.17) is 9.72 Å². The van der Waals surface area contributed by atoms with Crippen LogP contribution in [-0.2, 0) is 6.54 Å². The van der Waals surface area contributed by atoms with E-state index in [0.29, 0.717) is 5.92 Å². The number of para-hydroxylation sites is 1. The maximum Gasteiger partial charge on any atom is 0.145 e. The van der Waals surface area contributed by atoms with E-state index in [0.717, 1.165) is 28.9 Å². The third-order valence-electron chi connectivity index (χ3n) is 3.09. The number of methoxy groups -OCH3 is 1. The molecule has 3 heteroatoms. The molecule has 0 aliphatic carbocycles. The maximum atomic E-state index is 5.41. The molecule has 0 aliphatic heterocycles. The van der Waals surface area contributed by atoms with Gasteiger partial charge in [0.15, 0.2) is 0 Å². The molecular formula is C15H20N2O. The molecule has 0 spiro atoms. The van der Waals surface area contributed by atoms with Crippen LogP contribution >= 0.6 is 0 Å². The standard InChI is InChI=1S/C15H20N2O/c1-10(2)13-8-11(9-16-3)12-6-5-7-14(18-4)15(12)17-13/h5-8,10,16H,9H2,1-4H3. The van der Waals surface area contributed by atoms with Crippen molar-refractivity contribution in [1.29, 1.82) is 0 Å². The SMILES string of the molecule is CNCc1cc(C(C)C)nc2c(OC)cccc12. The fraction of sp³-hybridized carbons (Fsp3) is 0.400. The van der Waals surface area contributed by atoms with Gasteiger partial charge in [-0.15, -0.1) is 0 Å². The Morgan fingerprint density at radius 2 is 2.11 bits per heavy atom. The minimum Gasteiger partial charge on any atom is -0.494 e. The van der Waals surface area contributed by atoms with Crippen LogP contribution < -0.4 is 10.1 Å². The molecule has 0 amide bonds. The second-order valence-electron chi connectivity index (χ2n) is 4.75. The molecule has 0 atom stereocenters. The summed E-state index contributed by atoms with van der Waals surface area (Å²) < 4.78 is 5.41. The number of nitrogens with one attached hydrogen (secondary N) is 1. The number of pyridine rings is 1. The Morgan fingerprint density at radius 1 is 1.33 bits per heavy atom. The highest BCUT2D eigenvalue weighted by molar-refractivity contribution is 5.87. The van der Waals surface area contributed by atoms with Crippen molar-refractivity contribution in [3.8, 4) is 5.75 Å². The first kappa shape index (κ1) is 12.8. The molecule has 2 aromatic rings. The average molecular weight is 244 g/mol. The molecule has 96 valence electrons. The Bertz CT molecular complexity index is 549. The summed E-state index contributed by atoms with van der Waals surface area (Å²) in [6.07, 6.45) is 0. The first-order chi connectivity index (χ1) is 8.67. The first-order valence-electron chi connectivity index (χ1n) is 6.28. The summed E-state index contributed by atoms with van der Waals surface area (Å²) in [5.41, 5.74) is 3.33. The van der Waals surface area contributed by atoms with Gasteiger partial charge in [-0.25, -0.2) is 4.98 Å². The monoisotopic (exact) mass is 244 g/mol. The zero-order valence-corrected chi connectivity index (χ0v) is 11.4. The van der Waals surface area contributed by atoms with E-state index in [1.165, 1.54) is 5.56 Å². The van der Waals surface area contributed by atoms with Crippen molar-refractivity contribution >= 4 is 10.9 Å². The van der Waals surface area contributed by atoms with Gasteiger partial charge >= 0.3 is 0 Å². The lowest BCUT2D eigenvalue weighted by atomic mass is 10.0. The van der Waals surface area contributed by atoms with E-state index in [-0.39, 0.29) is 0 Å². The van der Waals surface area contributed by atoms with Crippen molar-refractivity contribution < 1.29 is 4.74 Å². The summed E-state index contributed by atoms with van der Waals surface area (Å²) >= 11 is 0. The van der Waals surface area contributed by atoms with Crippen molar-refractivity contribution in [1.82, 2.24) is 10.3 Å². The van der Waals surface area contributed by atoms with E-state index in [2.05, 4.69) is 31.3 Å². The minimum absolute atomic E-state index is 0.412. The summed E-state index contributed by atoms with van der Waals surface area (Å²) in [7, 11) is 3.65. The molecule has 0 fully saturated rings. The topological polar surface area (TPSA) is 34.2 Å². The van der Waals surface area contributed by atoms with Gasteiger partial charge < -0.3 is 10.1 Å². The van der Waals surface area contributed by atoms with Gasteiger partial charge in [0.05, 0.1) is 7.11 Å². The maximum absolute atomic E-state index is 5.41. The predicted molar refractivity (Wildman–Crippen MR) is 75.1 cm³/mol. The quantitative estimate of drug-likeness (QED) is 0.897. The Hall–Kier alpha value is -1.61. The van der Waals surface area contributed by atoms with Gasteiger partial charge in [-0.1, -0.05) is 26.0 Å². The van der Waals surface area contributed by atoms with Crippen molar-refractivity contribution in [2.24, 2.45) is 0 Å². The third kappa shape index (κ3) is 2.31. The van der Waals surface area contributed by atoms with Crippen LogP contribution in [0.15, 0.2) is 24.3 Å². The number of rotatable bonds is 4. The number of benzene rings is 1. The lowest BCUT2D eigenvalue weighted by Crippen LogP contribution is -2.08. The molecule has 2 rings (SSSR count). The van der Waals surface area contributed by atoms with Crippen LogP contribution in [0.4, 0.5) is 0 Å². The Balaban J connectivity index is 2.72. The highest BCUT2D eigenvalue weighted by Gasteiger charge is 2.11. The van der Waals surface area contributed by atoms with Crippen molar-refractivity contribution in [3.63, 3.8) is 0 Å². The summed E-state index contributed by atoms with van der Waals surface area (Å²) in [6.45, 7) is 5.16. The molecule has 0 saturated heterocycles. The highest BCUT2D eigenvalue weighted by Crippen LogP contribution is 2.28. The van der Waals surface area contributed by atoms with Gasteiger partial charge in [0.2, 0.25) is 0 Å². The van der Waals surface area contributed by atoms with Crippen molar-refractivity contribution in [2.75, 3.05) is 14.2 Å². The summed E-state index contributed by atoms with van der Waals surface area (Å²) in [5.74, 6) is 1.25. The molecule has 1 aromatic heterocycles. The number of nitrogens with zero attached hydrogens (tertiary/aromatic N) is 1. The lowest BCUT2D eigenvalue weighted by Gasteiger charge is -2.13. The van der Waals surface area contributed by atoms with Gasteiger partial charge in [0.1, 0.15) is 11.3 Å². The lowest BCUT2D eigenvalue weighted by molar-refractivity contribution is 0.418. The van der Waals surface area contributed by atoms with E-state index in [1.54, 1.807) is 7.11 Å². The summed E-state index contributed by atoms with van der Waals surface area (Å²) in [5, 5.41) is 4.37. The van der Waals surface area contributed by atoms with Crippen molar-refractivity contribution in [3.05, 3.63) is 35.5 Å². The van der Waals surface area contributed by atoms with Gasteiger partial charge in [-0.2, -0.15) is 0 Å². The van der Waals surface area contributed by atoms with E-state index in [1.807, 2.05) is 19.2 Å². The molecule has 18 heavy (non-hydrogen) atoms. The number of hydrogen-bond donors (Lipinski definition) is 1. The van der Waals surface area contributed by atoms with Gasteiger partial charge in [-0.05, 0) is 30.7 Å². The van der Waals surface area contributed by atoms with Crippen LogP contribution in [0.2, 0.25) is 0 Å². The number of fused-ring (bicyclic) bond motifs is 1. The van der Waals surface area contributed by atoms with Crippen LogP contribution in [-0.4, -0.2) is 19.1 Å². The minimum atomic E-state index is 0.412. The molecule has 1 heterocycles. The Labute approximate surface area is 108 Å². The normalized spacial score (nSPS) is 11.2. The van der Waals surface area contributed by atoms with Crippen LogP contribution in [0.25, 0.3) is 10.9 Å². The fourth-order valence-corrected chi connectivity index (χ4v) is 2.11. The zero-order valence-electron chi connectivity index (χ0n) is 11.4. The number of aromatic nitrogens is 1. The fourth-order valence-electron chi connectivity index (χ4n) is 2.11. The highest BCUT2D eigenvalue weighted by atomic mass is 16.5. The smallest absolute Gasteiger partial charge is 0.145 e. The summed E-state index contributed by atoms with van der Waals surface area (Å²) in [6, 6.07) is 8.25. The molecule has 3 nitrogen and oxygen atoms in total. The third-order valence-corrected chi connectivity index (χ3v) is 3.09. The van der Waals surface area contributed by atoms with Crippen molar-refractivity contribution in [2.45, 2.75) is 26.3 Å². The molecule has 0 unspecified atom stereocenters. The van der Waals surface area contributed by atoms with E-state index >= 15 is 0 Å². The second-order valence-corrected chi connectivity index (χ2v) is 4.75. The van der Waals surface area contributed by atoms with Crippen LogP contribution in [0.1, 0.15) is 31.0 Å². The second kappa shape index (κ2) is 5.36. The largest absolute Gasteiger partial charge is 0.494 e. The molecule has 1 N–H and O–H groups in total. The Morgan fingerprint density at radius 3 is 2.72 bits per heavy atom. The van der Waals surface area contributed by atoms with Gasteiger partial charge in [0, 0.05) is 17.6 Å². The molecular weight excluding hydrogens is 224 g/mol. The predicted octanol–water partition coefficient (Wildman–Crippen LogP) is 3.09. The van der Waals surface area contributed by atoms with Crippen LogP contribution in [0.5, 0.6) is 5.75 Å². The summed E-state index contributed by atoms with van der Waals surface area (Å²) in [4.78, 5) is 4.74. The van der Waals surface area contributed by atoms with Gasteiger partial charge in [0.25, 0.3) is 0 Å². The number of ether oxygens (including phenoxy) is 1. The molecule has 0 saturated carbocycles. The molecule has 1 aromatic carbocycles. The average Bonchev–Trinajstić information content (AvgIpc) is 2.38. The van der Waals surface area contributed by atoms with Gasteiger partial charge in [-0.3, -0.25) is 0 Å². The van der Waals surface area contributed by atoms with E-state index < -0.39 is 0 Å².